The molecule has 8 nitrogen and oxygen atoms in total. The van der Waals surface area contributed by atoms with Crippen LogP contribution >= 0.6 is 11.6 Å². The predicted molar refractivity (Wildman–Crippen MR) is 131 cm³/mol. The van der Waals surface area contributed by atoms with Crippen molar-refractivity contribution >= 4 is 17.4 Å². The van der Waals surface area contributed by atoms with Gasteiger partial charge in [0.25, 0.3) is 0 Å². The lowest BCUT2D eigenvalue weighted by atomic mass is 9.66. The lowest BCUT2D eigenvalue weighted by Crippen LogP contribution is -2.50. The van der Waals surface area contributed by atoms with E-state index in [0.717, 1.165) is 46.5 Å². The minimum atomic E-state index is 0.0155. The largest absolute Gasteiger partial charge is 0.367 e. The van der Waals surface area contributed by atoms with Crippen LogP contribution in [0.25, 0.3) is 33.6 Å². The Morgan fingerprint density at radius 1 is 1.03 bits per heavy atom. The quantitative estimate of drug-likeness (QED) is 0.406. The van der Waals surface area contributed by atoms with Gasteiger partial charge < -0.3 is 11.1 Å². The van der Waals surface area contributed by atoms with Crippen molar-refractivity contribution in [1.29, 1.82) is 0 Å². The first-order valence-corrected chi connectivity index (χ1v) is 11.5. The van der Waals surface area contributed by atoms with Crippen molar-refractivity contribution in [2.24, 2.45) is 25.2 Å². The number of alkyl halides is 1. The van der Waals surface area contributed by atoms with Crippen molar-refractivity contribution in [3.63, 3.8) is 0 Å². The van der Waals surface area contributed by atoms with Crippen LogP contribution in [0.2, 0.25) is 0 Å². The Bertz CT molecular complexity index is 1260. The molecule has 0 unspecified atom stereocenters. The van der Waals surface area contributed by atoms with Crippen LogP contribution in [0.3, 0.4) is 0 Å². The van der Waals surface area contributed by atoms with Crippen molar-refractivity contribution in [3.8, 4) is 33.6 Å². The number of nitrogens with one attached hydrogen (secondary N) is 1. The number of anilines is 1. The van der Waals surface area contributed by atoms with E-state index < -0.39 is 0 Å². The summed E-state index contributed by atoms with van der Waals surface area (Å²) < 4.78 is 3.57. The molecule has 0 atom stereocenters. The summed E-state index contributed by atoms with van der Waals surface area (Å²) in [5.74, 6) is 2.04. The maximum atomic E-state index is 6.18. The van der Waals surface area contributed by atoms with Gasteiger partial charge in [0, 0.05) is 66.9 Å². The fourth-order valence-electron chi connectivity index (χ4n) is 4.42. The molecule has 0 bridgehead atoms. The molecule has 1 aliphatic rings. The minimum absolute atomic E-state index is 0.0155. The van der Waals surface area contributed by atoms with Gasteiger partial charge in [-0.2, -0.15) is 10.2 Å². The molecule has 1 saturated carbocycles. The lowest BCUT2D eigenvalue weighted by molar-refractivity contribution is 0.156. The Labute approximate surface area is 197 Å². The van der Waals surface area contributed by atoms with Crippen molar-refractivity contribution in [2.45, 2.75) is 18.9 Å². The van der Waals surface area contributed by atoms with Gasteiger partial charge in [0.1, 0.15) is 5.82 Å². The molecular weight excluding hydrogens is 436 g/mol. The zero-order valence-corrected chi connectivity index (χ0v) is 19.5. The van der Waals surface area contributed by atoms with Gasteiger partial charge in [-0.15, -0.1) is 11.6 Å². The topological polar surface area (TPSA) is 99.5 Å². The standard InChI is InChI=1S/C24H27ClN8/c1-32-12-18(9-28-32)16-4-3-5-17(6-16)22-27-11-21(19-10-29-33(2)13-19)23(31-22)30-20-7-24(8-20,14-25)15-26/h3-6,9-13,20H,7-8,14-15,26H2,1-2H3,(H,27,30,31). The SMILES string of the molecule is Cn1cc(-c2cccc(-c3ncc(-c4cnn(C)c4)c(NC4CC(CN)(CCl)C4)n3)c2)cn1. The van der Waals surface area contributed by atoms with Crippen LogP contribution < -0.4 is 11.1 Å². The molecule has 0 aliphatic heterocycles. The summed E-state index contributed by atoms with van der Waals surface area (Å²) in [4.78, 5) is 9.64. The molecular formula is C24H27ClN8. The first-order valence-electron chi connectivity index (χ1n) is 11.0. The van der Waals surface area contributed by atoms with Gasteiger partial charge in [-0.05, 0) is 36.4 Å². The molecule has 3 heterocycles. The number of hydrogen-bond acceptors (Lipinski definition) is 6. The number of benzene rings is 1. The molecule has 0 amide bonds. The minimum Gasteiger partial charge on any atom is -0.367 e. The average Bonchev–Trinajstić information content (AvgIpc) is 3.44. The van der Waals surface area contributed by atoms with Gasteiger partial charge in [-0.1, -0.05) is 18.2 Å². The summed E-state index contributed by atoms with van der Waals surface area (Å²) in [5, 5.41) is 12.2. The van der Waals surface area contributed by atoms with Crippen LogP contribution in [0.15, 0.2) is 55.2 Å². The maximum Gasteiger partial charge on any atom is 0.161 e. The molecule has 0 radical (unpaired) electrons. The number of nitrogens with two attached hydrogens (primary N) is 1. The van der Waals surface area contributed by atoms with Crippen LogP contribution in [0.1, 0.15) is 12.8 Å². The number of nitrogens with zero attached hydrogens (tertiary/aromatic N) is 6. The van der Waals surface area contributed by atoms with Gasteiger partial charge in [-0.25, -0.2) is 9.97 Å². The second-order valence-corrected chi connectivity index (χ2v) is 9.20. The Balaban J connectivity index is 1.49. The van der Waals surface area contributed by atoms with Crippen molar-refractivity contribution in [1.82, 2.24) is 29.5 Å². The first kappa shape index (κ1) is 21.6. The summed E-state index contributed by atoms with van der Waals surface area (Å²) in [6.07, 6.45) is 11.4. The monoisotopic (exact) mass is 462 g/mol. The summed E-state index contributed by atoms with van der Waals surface area (Å²) in [6.45, 7) is 0.598. The van der Waals surface area contributed by atoms with Crippen molar-refractivity contribution in [3.05, 3.63) is 55.2 Å². The van der Waals surface area contributed by atoms with Crippen LogP contribution in [-0.4, -0.2) is 48.0 Å². The summed E-state index contributed by atoms with van der Waals surface area (Å²) in [5.41, 5.74) is 10.9. The summed E-state index contributed by atoms with van der Waals surface area (Å²) in [6, 6.07) is 8.48. The van der Waals surface area contributed by atoms with Gasteiger partial charge in [0.15, 0.2) is 5.82 Å². The number of aryl methyl sites for hydroxylation is 2. The van der Waals surface area contributed by atoms with Crippen LogP contribution in [0.4, 0.5) is 5.82 Å². The predicted octanol–water partition coefficient (Wildman–Crippen LogP) is 3.70. The second-order valence-electron chi connectivity index (χ2n) is 8.93. The fourth-order valence-corrected chi connectivity index (χ4v) is 4.75. The summed E-state index contributed by atoms with van der Waals surface area (Å²) in [7, 11) is 3.81. The number of hydrogen-bond donors (Lipinski definition) is 2. The number of aromatic nitrogens is 6. The van der Waals surface area contributed by atoms with E-state index in [2.05, 4.69) is 27.6 Å². The fraction of sp³-hybridized carbons (Fsp3) is 0.333. The molecule has 33 heavy (non-hydrogen) atoms. The third-order valence-electron chi connectivity index (χ3n) is 6.38. The molecule has 3 aromatic heterocycles. The third-order valence-corrected chi connectivity index (χ3v) is 6.95. The molecule has 0 saturated heterocycles. The van der Waals surface area contributed by atoms with Crippen LogP contribution in [0.5, 0.6) is 0 Å². The zero-order chi connectivity index (χ0) is 23.0. The Kier molecular flexibility index (Phi) is 5.64. The van der Waals surface area contributed by atoms with E-state index in [4.69, 9.17) is 27.3 Å². The van der Waals surface area contributed by atoms with E-state index in [-0.39, 0.29) is 11.5 Å². The Morgan fingerprint density at radius 2 is 1.73 bits per heavy atom. The van der Waals surface area contributed by atoms with E-state index >= 15 is 0 Å². The molecule has 0 spiro atoms. The normalized spacial score (nSPS) is 19.9. The van der Waals surface area contributed by atoms with Crippen molar-refractivity contribution in [2.75, 3.05) is 17.7 Å². The van der Waals surface area contributed by atoms with Gasteiger partial charge >= 0.3 is 0 Å². The lowest BCUT2D eigenvalue weighted by Gasteiger charge is -2.46. The van der Waals surface area contributed by atoms with E-state index in [1.807, 2.05) is 57.2 Å². The van der Waals surface area contributed by atoms with Gasteiger partial charge in [0.05, 0.1) is 12.4 Å². The zero-order valence-electron chi connectivity index (χ0n) is 18.7. The molecule has 1 aromatic carbocycles. The molecule has 9 heteroatoms. The molecule has 5 rings (SSSR count). The highest BCUT2D eigenvalue weighted by Crippen LogP contribution is 2.43. The maximum absolute atomic E-state index is 6.18. The highest BCUT2D eigenvalue weighted by Gasteiger charge is 2.42. The molecule has 1 aliphatic carbocycles. The smallest absolute Gasteiger partial charge is 0.161 e. The van der Waals surface area contributed by atoms with Crippen molar-refractivity contribution < 1.29 is 0 Å². The second kappa shape index (κ2) is 8.61. The molecule has 3 N–H and O–H groups in total. The third kappa shape index (κ3) is 4.24. The van der Waals surface area contributed by atoms with Crippen LogP contribution in [0, 0.1) is 5.41 Å². The van der Waals surface area contributed by atoms with Gasteiger partial charge in [-0.3, -0.25) is 9.36 Å². The summed E-state index contributed by atoms with van der Waals surface area (Å²) >= 11 is 6.18. The van der Waals surface area contributed by atoms with E-state index in [1.54, 1.807) is 9.36 Å². The van der Waals surface area contributed by atoms with E-state index in [9.17, 15) is 0 Å². The molecule has 170 valence electrons. The van der Waals surface area contributed by atoms with E-state index in [0.29, 0.717) is 18.2 Å². The highest BCUT2D eigenvalue weighted by molar-refractivity contribution is 6.18. The van der Waals surface area contributed by atoms with Crippen LogP contribution in [-0.2, 0) is 14.1 Å². The molecule has 4 aromatic rings. The van der Waals surface area contributed by atoms with E-state index in [1.165, 1.54) is 0 Å². The average molecular weight is 463 g/mol. The highest BCUT2D eigenvalue weighted by atomic mass is 35.5. The Morgan fingerprint density at radius 3 is 2.36 bits per heavy atom. The Hall–Kier alpha value is -3.23. The number of halogens is 1. The number of rotatable bonds is 7. The molecule has 1 fully saturated rings. The first-order chi connectivity index (χ1) is 16.0. The van der Waals surface area contributed by atoms with Gasteiger partial charge in [0.2, 0.25) is 0 Å².